The van der Waals surface area contributed by atoms with E-state index in [1.165, 1.54) is 12.8 Å². The Bertz CT molecular complexity index is 287. The van der Waals surface area contributed by atoms with Crippen molar-refractivity contribution in [2.45, 2.75) is 51.1 Å². The summed E-state index contributed by atoms with van der Waals surface area (Å²) in [4.78, 5) is 14.0. The van der Waals surface area contributed by atoms with Crippen LogP contribution in [-0.2, 0) is 4.79 Å². The van der Waals surface area contributed by atoms with E-state index in [4.69, 9.17) is 0 Å². The molecular formula is C13H24N2O2. The molecular weight excluding hydrogens is 216 g/mol. The van der Waals surface area contributed by atoms with Gasteiger partial charge in [-0.3, -0.25) is 9.69 Å². The van der Waals surface area contributed by atoms with Gasteiger partial charge in [-0.25, -0.2) is 0 Å². The maximum atomic E-state index is 11.7. The Morgan fingerprint density at radius 2 is 2.00 bits per heavy atom. The monoisotopic (exact) mass is 240 g/mol. The number of hydrogen-bond acceptors (Lipinski definition) is 3. The molecule has 2 rings (SSSR count). The first-order valence-corrected chi connectivity index (χ1v) is 6.86. The molecule has 0 aliphatic heterocycles. The molecule has 4 heteroatoms. The highest BCUT2D eigenvalue weighted by atomic mass is 16.4. The summed E-state index contributed by atoms with van der Waals surface area (Å²) in [7, 11) is 0. The van der Waals surface area contributed by atoms with Crippen LogP contribution in [0.1, 0.15) is 39.5 Å². The molecule has 0 radical (unpaired) electrons. The third-order valence-electron chi connectivity index (χ3n) is 4.07. The van der Waals surface area contributed by atoms with Crippen molar-refractivity contribution in [1.29, 1.82) is 0 Å². The summed E-state index contributed by atoms with van der Waals surface area (Å²) in [5.74, 6) is -0.339. The molecule has 2 saturated carbocycles. The van der Waals surface area contributed by atoms with Crippen LogP contribution in [-0.4, -0.2) is 47.2 Å². The molecule has 98 valence electrons. The van der Waals surface area contributed by atoms with Crippen LogP contribution in [0.3, 0.4) is 0 Å². The van der Waals surface area contributed by atoms with E-state index in [9.17, 15) is 9.90 Å². The fourth-order valence-corrected chi connectivity index (χ4v) is 2.80. The fourth-order valence-electron chi connectivity index (χ4n) is 2.80. The smallest absolute Gasteiger partial charge is 0.325 e. The van der Waals surface area contributed by atoms with E-state index in [2.05, 4.69) is 17.1 Å². The Hall–Kier alpha value is -0.610. The summed E-state index contributed by atoms with van der Waals surface area (Å²) in [6.07, 6.45) is 4.59. The van der Waals surface area contributed by atoms with Crippen LogP contribution in [0, 0.1) is 5.92 Å². The highest BCUT2D eigenvalue weighted by Crippen LogP contribution is 2.41. The average molecular weight is 240 g/mol. The number of carboxylic acids is 1. The Morgan fingerprint density at radius 3 is 2.35 bits per heavy atom. The van der Waals surface area contributed by atoms with Gasteiger partial charge in [0.1, 0.15) is 5.54 Å². The van der Waals surface area contributed by atoms with Crippen molar-refractivity contribution in [2.24, 2.45) is 5.92 Å². The van der Waals surface area contributed by atoms with Gasteiger partial charge in [-0.05, 0) is 44.7 Å². The quantitative estimate of drug-likeness (QED) is 0.672. The largest absolute Gasteiger partial charge is 0.480 e. The zero-order valence-electron chi connectivity index (χ0n) is 10.9. The maximum Gasteiger partial charge on any atom is 0.325 e. The van der Waals surface area contributed by atoms with Crippen molar-refractivity contribution in [3.8, 4) is 0 Å². The molecule has 2 N–H and O–H groups in total. The second kappa shape index (κ2) is 4.94. The first kappa shape index (κ1) is 12.8. The average Bonchev–Trinajstić information content (AvgIpc) is 3.17. The zero-order chi connectivity index (χ0) is 12.5. The van der Waals surface area contributed by atoms with E-state index in [1.54, 1.807) is 0 Å². The van der Waals surface area contributed by atoms with Crippen LogP contribution >= 0.6 is 0 Å². The SMILES string of the molecule is CCNC(CN(CC)C1CC1)(C(=O)O)C1CC1. The van der Waals surface area contributed by atoms with E-state index in [1.807, 2.05) is 6.92 Å². The van der Waals surface area contributed by atoms with Gasteiger partial charge in [0.2, 0.25) is 0 Å². The number of nitrogens with zero attached hydrogens (tertiary/aromatic N) is 1. The number of rotatable bonds is 8. The molecule has 0 heterocycles. The van der Waals surface area contributed by atoms with E-state index in [0.717, 1.165) is 25.9 Å². The predicted molar refractivity (Wildman–Crippen MR) is 67.0 cm³/mol. The lowest BCUT2D eigenvalue weighted by molar-refractivity contribution is -0.147. The first-order valence-electron chi connectivity index (χ1n) is 6.86. The van der Waals surface area contributed by atoms with Crippen LogP contribution in [0.15, 0.2) is 0 Å². The third kappa shape index (κ3) is 2.63. The number of carboxylic acid groups (broad SMARTS) is 1. The Morgan fingerprint density at radius 1 is 1.35 bits per heavy atom. The molecule has 0 bridgehead atoms. The van der Waals surface area contributed by atoms with Gasteiger partial charge in [-0.15, -0.1) is 0 Å². The lowest BCUT2D eigenvalue weighted by Crippen LogP contribution is -2.61. The summed E-state index contributed by atoms with van der Waals surface area (Å²) in [6.45, 7) is 6.47. The highest BCUT2D eigenvalue weighted by Gasteiger charge is 2.52. The number of likely N-dealkylation sites (N-methyl/N-ethyl adjacent to an activating group) is 2. The van der Waals surface area contributed by atoms with Crippen molar-refractivity contribution < 1.29 is 9.90 Å². The van der Waals surface area contributed by atoms with Gasteiger partial charge in [0, 0.05) is 12.6 Å². The molecule has 1 unspecified atom stereocenters. The molecule has 17 heavy (non-hydrogen) atoms. The van der Waals surface area contributed by atoms with Gasteiger partial charge in [-0.1, -0.05) is 13.8 Å². The van der Waals surface area contributed by atoms with Gasteiger partial charge >= 0.3 is 5.97 Å². The summed E-state index contributed by atoms with van der Waals surface area (Å²) >= 11 is 0. The van der Waals surface area contributed by atoms with E-state index < -0.39 is 11.5 Å². The summed E-state index contributed by atoms with van der Waals surface area (Å²) in [6, 6.07) is 0.635. The summed E-state index contributed by atoms with van der Waals surface area (Å²) < 4.78 is 0. The van der Waals surface area contributed by atoms with Crippen molar-refractivity contribution in [2.75, 3.05) is 19.6 Å². The first-order chi connectivity index (χ1) is 8.14. The van der Waals surface area contributed by atoms with Crippen LogP contribution < -0.4 is 5.32 Å². The normalized spacial score (nSPS) is 23.7. The fraction of sp³-hybridized carbons (Fsp3) is 0.923. The predicted octanol–water partition coefficient (Wildman–Crippen LogP) is 1.31. The van der Waals surface area contributed by atoms with Gasteiger partial charge in [0.15, 0.2) is 0 Å². The van der Waals surface area contributed by atoms with Crippen LogP contribution in [0.5, 0.6) is 0 Å². The Labute approximate surface area is 103 Å². The molecule has 2 aliphatic carbocycles. The molecule has 0 saturated heterocycles. The molecule has 0 amide bonds. The number of nitrogens with one attached hydrogen (secondary N) is 1. The standard InChI is InChI=1S/C13H24N2O2/c1-3-14-13(12(16)17,10-5-6-10)9-15(4-2)11-7-8-11/h10-11,14H,3-9H2,1-2H3,(H,16,17). The summed E-state index contributed by atoms with van der Waals surface area (Å²) in [5.41, 5.74) is -0.701. The summed E-state index contributed by atoms with van der Waals surface area (Å²) in [5, 5.41) is 12.9. The minimum absolute atomic E-state index is 0.327. The van der Waals surface area contributed by atoms with E-state index in [0.29, 0.717) is 18.5 Å². The van der Waals surface area contributed by atoms with Crippen LogP contribution in [0.25, 0.3) is 0 Å². The van der Waals surface area contributed by atoms with Crippen molar-refractivity contribution in [3.05, 3.63) is 0 Å². The zero-order valence-corrected chi connectivity index (χ0v) is 10.9. The van der Waals surface area contributed by atoms with Crippen molar-refractivity contribution >= 4 is 5.97 Å². The lowest BCUT2D eigenvalue weighted by atomic mass is 9.92. The molecule has 0 aromatic carbocycles. The van der Waals surface area contributed by atoms with Crippen molar-refractivity contribution in [1.82, 2.24) is 10.2 Å². The molecule has 1 atom stereocenters. The Balaban J connectivity index is 2.09. The van der Waals surface area contributed by atoms with E-state index >= 15 is 0 Å². The molecule has 2 aliphatic rings. The third-order valence-corrected chi connectivity index (χ3v) is 4.07. The lowest BCUT2D eigenvalue weighted by Gasteiger charge is -2.36. The second-order valence-electron chi connectivity index (χ2n) is 5.38. The van der Waals surface area contributed by atoms with E-state index in [-0.39, 0.29) is 0 Å². The number of carbonyl (C=O) groups is 1. The highest BCUT2D eigenvalue weighted by molar-refractivity contribution is 5.80. The maximum absolute atomic E-state index is 11.7. The Kier molecular flexibility index (Phi) is 3.73. The van der Waals surface area contributed by atoms with Gasteiger partial charge < -0.3 is 10.4 Å². The molecule has 0 aromatic rings. The number of hydrogen-bond donors (Lipinski definition) is 2. The van der Waals surface area contributed by atoms with Gasteiger partial charge in [-0.2, -0.15) is 0 Å². The van der Waals surface area contributed by atoms with Crippen LogP contribution in [0.4, 0.5) is 0 Å². The molecule has 0 aromatic heterocycles. The van der Waals surface area contributed by atoms with Gasteiger partial charge in [0.25, 0.3) is 0 Å². The topological polar surface area (TPSA) is 52.6 Å². The van der Waals surface area contributed by atoms with Gasteiger partial charge in [0.05, 0.1) is 0 Å². The number of aliphatic carboxylic acids is 1. The molecule has 4 nitrogen and oxygen atoms in total. The van der Waals surface area contributed by atoms with Crippen LogP contribution in [0.2, 0.25) is 0 Å². The molecule has 2 fully saturated rings. The second-order valence-corrected chi connectivity index (χ2v) is 5.38. The van der Waals surface area contributed by atoms with Crippen molar-refractivity contribution in [3.63, 3.8) is 0 Å². The molecule has 0 spiro atoms. The minimum atomic E-state index is -0.701. The minimum Gasteiger partial charge on any atom is -0.480 e.